The van der Waals surface area contributed by atoms with Gasteiger partial charge in [0, 0.05) is 23.7 Å². The minimum absolute atomic E-state index is 0.0137. The van der Waals surface area contributed by atoms with E-state index in [9.17, 15) is 0 Å². The number of aryl methyl sites for hydroxylation is 2. The summed E-state index contributed by atoms with van der Waals surface area (Å²) < 4.78 is 0. The number of rotatable bonds is 6. The van der Waals surface area contributed by atoms with Gasteiger partial charge in [-0.05, 0) is 30.5 Å². The second kappa shape index (κ2) is 7.41. The van der Waals surface area contributed by atoms with Crippen LogP contribution in [0.1, 0.15) is 36.2 Å². The van der Waals surface area contributed by atoms with Gasteiger partial charge in [-0.25, -0.2) is 9.97 Å². The Balaban J connectivity index is 1.92. The lowest BCUT2D eigenvalue weighted by Gasteiger charge is -2.12. The summed E-state index contributed by atoms with van der Waals surface area (Å²) in [4.78, 5) is 8.61. The van der Waals surface area contributed by atoms with Crippen LogP contribution < -0.4 is 5.73 Å². The van der Waals surface area contributed by atoms with Crippen LogP contribution in [-0.2, 0) is 6.42 Å². The van der Waals surface area contributed by atoms with Crippen molar-refractivity contribution in [3.05, 3.63) is 53.3 Å². The van der Waals surface area contributed by atoms with E-state index < -0.39 is 0 Å². The van der Waals surface area contributed by atoms with Crippen molar-refractivity contribution < 1.29 is 0 Å². The van der Waals surface area contributed by atoms with Gasteiger partial charge in [0.05, 0.1) is 0 Å². The van der Waals surface area contributed by atoms with Crippen molar-refractivity contribution in [2.24, 2.45) is 5.73 Å². The van der Waals surface area contributed by atoms with Crippen LogP contribution in [0.3, 0.4) is 0 Å². The van der Waals surface area contributed by atoms with Crippen molar-refractivity contribution in [2.75, 3.05) is 5.75 Å². The van der Waals surface area contributed by atoms with Crippen molar-refractivity contribution in [1.82, 2.24) is 9.97 Å². The van der Waals surface area contributed by atoms with Crippen LogP contribution in [0.2, 0.25) is 0 Å². The predicted octanol–water partition coefficient (Wildman–Crippen LogP) is 3.53. The molecule has 0 amide bonds. The first-order valence-electron chi connectivity index (χ1n) is 6.96. The molecule has 1 atom stereocenters. The molecule has 0 aliphatic rings. The molecular formula is C16H21N3S. The molecule has 106 valence electrons. The van der Waals surface area contributed by atoms with Crippen LogP contribution in [-0.4, -0.2) is 15.7 Å². The Morgan fingerprint density at radius 3 is 2.60 bits per heavy atom. The quantitative estimate of drug-likeness (QED) is 0.652. The van der Waals surface area contributed by atoms with E-state index in [-0.39, 0.29) is 6.04 Å². The third-order valence-electron chi connectivity index (χ3n) is 3.11. The van der Waals surface area contributed by atoms with Gasteiger partial charge in [-0.3, -0.25) is 0 Å². The zero-order chi connectivity index (χ0) is 14.4. The fourth-order valence-electron chi connectivity index (χ4n) is 1.98. The average molecular weight is 287 g/mol. The Morgan fingerprint density at radius 1 is 1.20 bits per heavy atom. The lowest BCUT2D eigenvalue weighted by Crippen LogP contribution is -2.13. The molecule has 0 saturated heterocycles. The van der Waals surface area contributed by atoms with Gasteiger partial charge in [-0.2, -0.15) is 0 Å². The highest BCUT2D eigenvalue weighted by molar-refractivity contribution is 7.99. The molecule has 4 heteroatoms. The van der Waals surface area contributed by atoms with E-state index in [1.807, 2.05) is 13.0 Å². The molecule has 1 heterocycles. The Kier molecular flexibility index (Phi) is 5.56. The maximum absolute atomic E-state index is 6.23. The molecule has 2 rings (SSSR count). The number of hydrogen-bond donors (Lipinski definition) is 1. The highest BCUT2D eigenvalue weighted by atomic mass is 32.2. The van der Waals surface area contributed by atoms with E-state index in [2.05, 4.69) is 41.2 Å². The first-order chi connectivity index (χ1) is 9.69. The number of hydrogen-bond acceptors (Lipinski definition) is 4. The molecule has 0 aliphatic heterocycles. The van der Waals surface area contributed by atoms with Crippen LogP contribution in [0.25, 0.3) is 0 Å². The average Bonchev–Trinajstić information content (AvgIpc) is 2.46. The standard InChI is InChI=1S/C16H21N3S/c1-3-4-13-5-7-14(8-6-13)15(17)11-20-16-18-10-9-12(2)19-16/h5-10,15H,3-4,11,17H2,1-2H3. The molecule has 2 aromatic rings. The minimum atomic E-state index is 0.0137. The molecule has 3 nitrogen and oxygen atoms in total. The van der Waals surface area contributed by atoms with Gasteiger partial charge in [0.15, 0.2) is 5.16 Å². The fourth-order valence-corrected chi connectivity index (χ4v) is 2.84. The van der Waals surface area contributed by atoms with Crippen LogP contribution in [0.5, 0.6) is 0 Å². The lowest BCUT2D eigenvalue weighted by molar-refractivity contribution is 0.822. The van der Waals surface area contributed by atoms with Gasteiger partial charge >= 0.3 is 0 Å². The number of benzene rings is 1. The summed E-state index contributed by atoms with van der Waals surface area (Å²) in [7, 11) is 0. The van der Waals surface area contributed by atoms with Crippen LogP contribution in [0.15, 0.2) is 41.7 Å². The SMILES string of the molecule is CCCc1ccc(C(N)CSc2nccc(C)n2)cc1. The summed E-state index contributed by atoms with van der Waals surface area (Å²) in [5.74, 6) is 0.788. The molecule has 0 spiro atoms. The van der Waals surface area contributed by atoms with Crippen molar-refractivity contribution >= 4 is 11.8 Å². The van der Waals surface area contributed by atoms with E-state index in [1.165, 1.54) is 17.5 Å². The summed E-state index contributed by atoms with van der Waals surface area (Å²) >= 11 is 1.60. The summed E-state index contributed by atoms with van der Waals surface area (Å²) in [6, 6.07) is 10.5. The molecule has 0 radical (unpaired) electrons. The Labute approximate surface area is 125 Å². The molecule has 1 aromatic carbocycles. The lowest BCUT2D eigenvalue weighted by atomic mass is 10.0. The van der Waals surface area contributed by atoms with E-state index >= 15 is 0 Å². The van der Waals surface area contributed by atoms with Crippen molar-refractivity contribution in [3.63, 3.8) is 0 Å². The predicted molar refractivity (Wildman–Crippen MR) is 84.9 cm³/mol. The van der Waals surface area contributed by atoms with Gasteiger partial charge in [-0.1, -0.05) is 49.4 Å². The van der Waals surface area contributed by atoms with E-state index in [1.54, 1.807) is 18.0 Å². The van der Waals surface area contributed by atoms with Crippen LogP contribution >= 0.6 is 11.8 Å². The number of nitrogens with two attached hydrogens (primary N) is 1. The molecule has 0 fully saturated rings. The number of aromatic nitrogens is 2. The maximum Gasteiger partial charge on any atom is 0.187 e. The largest absolute Gasteiger partial charge is 0.323 e. The van der Waals surface area contributed by atoms with Gasteiger partial charge in [0.2, 0.25) is 0 Å². The molecule has 0 bridgehead atoms. The molecule has 1 unspecified atom stereocenters. The monoisotopic (exact) mass is 287 g/mol. The molecule has 1 aromatic heterocycles. The first kappa shape index (κ1) is 15.0. The summed E-state index contributed by atoms with van der Waals surface area (Å²) in [6.45, 7) is 4.16. The maximum atomic E-state index is 6.23. The van der Waals surface area contributed by atoms with Gasteiger partial charge < -0.3 is 5.73 Å². The normalized spacial score (nSPS) is 12.3. The second-order valence-electron chi connectivity index (χ2n) is 4.89. The Bertz CT molecular complexity index is 540. The van der Waals surface area contributed by atoms with Gasteiger partial charge in [0.1, 0.15) is 0 Å². The van der Waals surface area contributed by atoms with E-state index in [4.69, 9.17) is 5.73 Å². The van der Waals surface area contributed by atoms with E-state index in [0.717, 1.165) is 23.0 Å². The highest BCUT2D eigenvalue weighted by Gasteiger charge is 2.08. The summed E-state index contributed by atoms with van der Waals surface area (Å²) in [6.07, 6.45) is 4.09. The van der Waals surface area contributed by atoms with Crippen molar-refractivity contribution in [1.29, 1.82) is 0 Å². The van der Waals surface area contributed by atoms with Crippen LogP contribution in [0, 0.1) is 6.92 Å². The van der Waals surface area contributed by atoms with Gasteiger partial charge in [-0.15, -0.1) is 0 Å². The first-order valence-corrected chi connectivity index (χ1v) is 7.94. The fraction of sp³-hybridized carbons (Fsp3) is 0.375. The molecule has 0 aliphatic carbocycles. The Morgan fingerprint density at radius 2 is 1.95 bits per heavy atom. The molecule has 0 saturated carbocycles. The number of nitrogens with zero attached hydrogens (tertiary/aromatic N) is 2. The third-order valence-corrected chi connectivity index (χ3v) is 4.09. The zero-order valence-corrected chi connectivity index (χ0v) is 12.9. The highest BCUT2D eigenvalue weighted by Crippen LogP contribution is 2.21. The third kappa shape index (κ3) is 4.32. The zero-order valence-electron chi connectivity index (χ0n) is 12.0. The van der Waals surface area contributed by atoms with Crippen LogP contribution in [0.4, 0.5) is 0 Å². The topological polar surface area (TPSA) is 51.8 Å². The minimum Gasteiger partial charge on any atom is -0.323 e. The Hall–Kier alpha value is -1.39. The van der Waals surface area contributed by atoms with Crippen molar-refractivity contribution in [2.45, 2.75) is 37.9 Å². The summed E-state index contributed by atoms with van der Waals surface area (Å²) in [5, 5.41) is 0.794. The number of thioether (sulfide) groups is 1. The summed E-state index contributed by atoms with van der Waals surface area (Å²) in [5.41, 5.74) is 9.76. The molecule has 2 N–H and O–H groups in total. The molecule has 20 heavy (non-hydrogen) atoms. The smallest absolute Gasteiger partial charge is 0.187 e. The van der Waals surface area contributed by atoms with E-state index in [0.29, 0.717) is 0 Å². The van der Waals surface area contributed by atoms with Crippen molar-refractivity contribution in [3.8, 4) is 0 Å². The molecular weight excluding hydrogens is 266 g/mol. The van der Waals surface area contributed by atoms with Gasteiger partial charge in [0.25, 0.3) is 0 Å². The second-order valence-corrected chi connectivity index (χ2v) is 5.88.